The van der Waals surface area contributed by atoms with Gasteiger partial charge in [0.05, 0.1) is 11.1 Å². The Bertz CT molecular complexity index is 1010. The molecule has 0 unspecified atom stereocenters. The van der Waals surface area contributed by atoms with E-state index in [2.05, 4.69) is 4.98 Å². The number of ketones is 2. The summed E-state index contributed by atoms with van der Waals surface area (Å²) >= 11 is 0. The molecule has 0 aliphatic heterocycles. The third kappa shape index (κ3) is 3.42. The van der Waals surface area contributed by atoms with Crippen LogP contribution in [-0.2, 0) is 0 Å². The van der Waals surface area contributed by atoms with Gasteiger partial charge in [0.1, 0.15) is 5.82 Å². The zero-order valence-corrected chi connectivity index (χ0v) is 13.1. The maximum absolute atomic E-state index is 12.9. The van der Waals surface area contributed by atoms with Crippen LogP contribution in [0.1, 0.15) is 26.3 Å². The summed E-state index contributed by atoms with van der Waals surface area (Å²) in [5.74, 6) is -2.80. The van der Waals surface area contributed by atoms with Crippen molar-refractivity contribution in [1.82, 2.24) is 4.98 Å². The number of hydrogen-bond acceptors (Lipinski definition) is 2. The summed E-state index contributed by atoms with van der Waals surface area (Å²) in [6.45, 7) is 0. The SMILES string of the molecule is O=C(/C=C/c1cccc2c(C(=O)C(F)(F)F)c[nH]c12)c1ccc(F)cc1. The van der Waals surface area contributed by atoms with E-state index in [1.807, 2.05) is 0 Å². The Morgan fingerprint density at radius 1 is 1.00 bits per heavy atom. The largest absolute Gasteiger partial charge is 0.454 e. The van der Waals surface area contributed by atoms with E-state index in [0.717, 1.165) is 18.3 Å². The zero-order chi connectivity index (χ0) is 18.9. The lowest BCUT2D eigenvalue weighted by molar-refractivity contribution is -0.0884. The minimum atomic E-state index is -4.97. The van der Waals surface area contributed by atoms with Gasteiger partial charge in [-0.15, -0.1) is 0 Å². The van der Waals surface area contributed by atoms with Crippen LogP contribution in [-0.4, -0.2) is 22.7 Å². The summed E-state index contributed by atoms with van der Waals surface area (Å²) in [5, 5.41) is 0.115. The van der Waals surface area contributed by atoms with E-state index in [1.165, 1.54) is 36.4 Å². The molecule has 0 radical (unpaired) electrons. The fourth-order valence-electron chi connectivity index (χ4n) is 2.53. The number of alkyl halides is 3. The fraction of sp³-hybridized carbons (Fsp3) is 0.0526. The van der Waals surface area contributed by atoms with E-state index in [0.29, 0.717) is 11.1 Å². The van der Waals surface area contributed by atoms with E-state index >= 15 is 0 Å². The highest BCUT2D eigenvalue weighted by molar-refractivity contribution is 6.12. The lowest BCUT2D eigenvalue weighted by Crippen LogP contribution is -2.22. The van der Waals surface area contributed by atoms with Crippen LogP contribution in [0.15, 0.2) is 54.7 Å². The number of rotatable bonds is 4. The van der Waals surface area contributed by atoms with Crippen LogP contribution < -0.4 is 0 Å². The molecule has 7 heteroatoms. The lowest BCUT2D eigenvalue weighted by Gasteiger charge is -2.04. The summed E-state index contributed by atoms with van der Waals surface area (Å²) in [6.07, 6.45) is -1.32. The number of H-pyrrole nitrogens is 1. The molecule has 0 amide bonds. The van der Waals surface area contributed by atoms with Crippen molar-refractivity contribution in [3.63, 3.8) is 0 Å². The van der Waals surface area contributed by atoms with Crippen molar-refractivity contribution in [2.75, 3.05) is 0 Å². The third-order valence-electron chi connectivity index (χ3n) is 3.79. The van der Waals surface area contributed by atoms with Gasteiger partial charge < -0.3 is 4.98 Å². The van der Waals surface area contributed by atoms with Crippen LogP contribution in [0, 0.1) is 5.82 Å². The van der Waals surface area contributed by atoms with Gasteiger partial charge in [-0.3, -0.25) is 9.59 Å². The van der Waals surface area contributed by atoms with E-state index in [4.69, 9.17) is 0 Å². The number of allylic oxidation sites excluding steroid dienone is 1. The first-order chi connectivity index (χ1) is 12.3. The van der Waals surface area contributed by atoms with Gasteiger partial charge >= 0.3 is 6.18 Å². The quantitative estimate of drug-likeness (QED) is 0.406. The van der Waals surface area contributed by atoms with Crippen molar-refractivity contribution in [2.45, 2.75) is 6.18 Å². The molecule has 132 valence electrons. The van der Waals surface area contributed by atoms with Crippen LogP contribution in [0.5, 0.6) is 0 Å². The highest BCUT2D eigenvalue weighted by atomic mass is 19.4. The second-order valence-corrected chi connectivity index (χ2v) is 5.50. The molecular weight excluding hydrogens is 350 g/mol. The molecule has 3 rings (SSSR count). The number of Topliss-reactive ketones (excluding diaryl/α,β-unsaturated/α-hetero) is 1. The Kier molecular flexibility index (Phi) is 4.46. The minimum absolute atomic E-state index is 0.115. The first-order valence-electron chi connectivity index (χ1n) is 7.47. The molecule has 3 aromatic rings. The molecule has 0 aliphatic rings. The van der Waals surface area contributed by atoms with Crippen molar-refractivity contribution in [2.24, 2.45) is 0 Å². The molecule has 0 atom stereocenters. The van der Waals surface area contributed by atoms with Crippen LogP contribution in [0.25, 0.3) is 17.0 Å². The second kappa shape index (κ2) is 6.59. The van der Waals surface area contributed by atoms with Gasteiger partial charge in [0, 0.05) is 17.1 Å². The molecule has 1 N–H and O–H groups in total. The first-order valence-corrected chi connectivity index (χ1v) is 7.47. The van der Waals surface area contributed by atoms with Gasteiger partial charge in [0.15, 0.2) is 5.78 Å². The summed E-state index contributed by atoms with van der Waals surface area (Å²) in [5.41, 5.74) is 0.546. The van der Waals surface area contributed by atoms with Crippen LogP contribution in [0.2, 0.25) is 0 Å². The molecule has 26 heavy (non-hydrogen) atoms. The minimum Gasteiger partial charge on any atom is -0.360 e. The average molecular weight is 361 g/mol. The van der Waals surface area contributed by atoms with E-state index < -0.39 is 23.3 Å². The van der Waals surface area contributed by atoms with Gasteiger partial charge in [0.25, 0.3) is 5.78 Å². The van der Waals surface area contributed by atoms with Gasteiger partial charge in [-0.2, -0.15) is 13.2 Å². The Labute approximate surface area is 144 Å². The summed E-state index contributed by atoms with van der Waals surface area (Å²) < 4.78 is 50.9. The lowest BCUT2D eigenvalue weighted by atomic mass is 10.0. The molecule has 2 aromatic carbocycles. The fourth-order valence-corrected chi connectivity index (χ4v) is 2.53. The number of aromatic nitrogens is 1. The number of nitrogens with one attached hydrogen (secondary N) is 1. The number of aromatic amines is 1. The topological polar surface area (TPSA) is 49.9 Å². The van der Waals surface area contributed by atoms with Gasteiger partial charge in [-0.05, 0) is 42.0 Å². The molecule has 0 spiro atoms. The summed E-state index contributed by atoms with van der Waals surface area (Å²) in [7, 11) is 0. The maximum atomic E-state index is 12.9. The monoisotopic (exact) mass is 361 g/mol. The molecule has 0 saturated carbocycles. The molecular formula is C19H11F4NO2. The predicted octanol–water partition coefficient (Wildman–Crippen LogP) is 4.95. The van der Waals surface area contributed by atoms with Crippen molar-refractivity contribution in [1.29, 1.82) is 0 Å². The molecule has 0 aliphatic carbocycles. The van der Waals surface area contributed by atoms with Crippen molar-refractivity contribution in [3.05, 3.63) is 77.2 Å². The predicted molar refractivity (Wildman–Crippen MR) is 88.4 cm³/mol. The number of hydrogen-bond donors (Lipinski definition) is 1. The van der Waals surface area contributed by atoms with E-state index in [9.17, 15) is 27.2 Å². The number of carbonyl (C=O) groups is 2. The number of fused-ring (bicyclic) bond motifs is 1. The molecule has 1 heterocycles. The van der Waals surface area contributed by atoms with E-state index in [1.54, 1.807) is 6.07 Å². The van der Waals surface area contributed by atoms with Gasteiger partial charge in [0.2, 0.25) is 0 Å². The second-order valence-electron chi connectivity index (χ2n) is 5.50. The number of para-hydroxylation sites is 1. The summed E-state index contributed by atoms with van der Waals surface area (Å²) in [4.78, 5) is 26.2. The van der Waals surface area contributed by atoms with Crippen LogP contribution in [0.3, 0.4) is 0 Å². The average Bonchev–Trinajstić information content (AvgIpc) is 3.03. The third-order valence-corrected chi connectivity index (χ3v) is 3.79. The van der Waals surface area contributed by atoms with Crippen molar-refractivity contribution in [3.8, 4) is 0 Å². The zero-order valence-electron chi connectivity index (χ0n) is 13.1. The number of carbonyl (C=O) groups excluding carboxylic acids is 2. The molecule has 3 nitrogen and oxygen atoms in total. The number of halogens is 4. The van der Waals surface area contributed by atoms with E-state index in [-0.39, 0.29) is 16.7 Å². The van der Waals surface area contributed by atoms with Crippen LogP contribution in [0.4, 0.5) is 17.6 Å². The molecule has 1 aromatic heterocycles. The molecule has 0 fully saturated rings. The summed E-state index contributed by atoms with van der Waals surface area (Å²) in [6, 6.07) is 9.45. The normalized spacial score (nSPS) is 12.0. The Morgan fingerprint density at radius 3 is 2.35 bits per heavy atom. The van der Waals surface area contributed by atoms with Crippen LogP contribution >= 0.6 is 0 Å². The van der Waals surface area contributed by atoms with Crippen molar-refractivity contribution >= 4 is 28.5 Å². The smallest absolute Gasteiger partial charge is 0.360 e. The standard InChI is InChI=1S/C19H11F4NO2/c20-13-7-4-11(5-8-13)16(25)9-6-12-2-1-3-14-15(10-24-17(12)14)18(26)19(21,22)23/h1-10,24H/b9-6+. The highest BCUT2D eigenvalue weighted by Gasteiger charge is 2.40. The molecule has 0 saturated heterocycles. The molecule has 0 bridgehead atoms. The van der Waals surface area contributed by atoms with Gasteiger partial charge in [-0.25, -0.2) is 4.39 Å². The Morgan fingerprint density at radius 2 is 1.69 bits per heavy atom. The van der Waals surface area contributed by atoms with Crippen molar-refractivity contribution < 1.29 is 27.2 Å². The Hall–Kier alpha value is -3.22. The Balaban J connectivity index is 1.94. The number of benzene rings is 2. The van der Waals surface area contributed by atoms with Gasteiger partial charge in [-0.1, -0.05) is 18.2 Å². The first kappa shape index (κ1) is 17.6. The highest BCUT2D eigenvalue weighted by Crippen LogP contribution is 2.28. The maximum Gasteiger partial charge on any atom is 0.454 e.